The van der Waals surface area contributed by atoms with Crippen molar-refractivity contribution in [3.63, 3.8) is 0 Å². The number of carbonyl (C=O) groups excluding carboxylic acids is 1. The fourth-order valence-corrected chi connectivity index (χ4v) is 5.82. The molecule has 3 aromatic rings. The first-order valence-electron chi connectivity index (χ1n) is 10.8. The summed E-state index contributed by atoms with van der Waals surface area (Å²) in [6.07, 6.45) is 4.19. The molecule has 1 aromatic heterocycles. The summed E-state index contributed by atoms with van der Waals surface area (Å²) in [5.74, 6) is 0.225. The Kier molecular flexibility index (Phi) is 5.84. The van der Waals surface area contributed by atoms with Gasteiger partial charge in [0, 0.05) is 24.7 Å². The minimum atomic E-state index is -3.92. The zero-order chi connectivity index (χ0) is 22.2. The predicted octanol–water partition coefficient (Wildman–Crippen LogP) is 4.81. The standard InChI is InChI=1S/C25H28N2O3S/c1-17(2)14-19-7-9-20(10-8-19)31(29,30)24-21-15-18(3)6-11-23(21)26-16-22(24)25(28)27-12-4-5-13-27/h6-11,15-17H,4-5,12-14H2,1-3H3. The largest absolute Gasteiger partial charge is 0.339 e. The smallest absolute Gasteiger partial charge is 0.256 e. The van der Waals surface area contributed by atoms with Crippen LogP contribution in [0.5, 0.6) is 0 Å². The van der Waals surface area contributed by atoms with Gasteiger partial charge in [-0.25, -0.2) is 8.42 Å². The molecule has 0 bridgehead atoms. The zero-order valence-corrected chi connectivity index (χ0v) is 19.1. The number of nitrogens with zero attached hydrogens (tertiary/aromatic N) is 2. The van der Waals surface area contributed by atoms with Gasteiger partial charge in [-0.1, -0.05) is 37.6 Å². The van der Waals surface area contributed by atoms with E-state index < -0.39 is 9.84 Å². The van der Waals surface area contributed by atoms with Gasteiger partial charge in [0.15, 0.2) is 0 Å². The molecule has 5 nitrogen and oxygen atoms in total. The van der Waals surface area contributed by atoms with Crippen molar-refractivity contribution in [1.29, 1.82) is 0 Å². The quantitative estimate of drug-likeness (QED) is 0.576. The number of benzene rings is 2. The van der Waals surface area contributed by atoms with E-state index in [1.165, 1.54) is 6.20 Å². The van der Waals surface area contributed by atoms with Crippen molar-refractivity contribution < 1.29 is 13.2 Å². The van der Waals surface area contributed by atoms with Gasteiger partial charge in [0.1, 0.15) is 0 Å². The monoisotopic (exact) mass is 436 g/mol. The zero-order valence-electron chi connectivity index (χ0n) is 18.3. The second-order valence-corrected chi connectivity index (χ2v) is 10.7. The number of hydrogen-bond donors (Lipinski definition) is 0. The van der Waals surface area contributed by atoms with Crippen LogP contribution in [0.1, 0.15) is 48.2 Å². The SMILES string of the molecule is Cc1ccc2ncc(C(=O)N3CCCC3)c(S(=O)(=O)c3ccc(CC(C)C)cc3)c2c1. The molecule has 0 aliphatic carbocycles. The van der Waals surface area contributed by atoms with E-state index in [4.69, 9.17) is 0 Å². The van der Waals surface area contributed by atoms with Gasteiger partial charge in [0.05, 0.1) is 20.9 Å². The van der Waals surface area contributed by atoms with Crippen molar-refractivity contribution in [2.75, 3.05) is 13.1 Å². The van der Waals surface area contributed by atoms with Gasteiger partial charge in [-0.05, 0) is 61.9 Å². The van der Waals surface area contributed by atoms with Crippen LogP contribution in [0.2, 0.25) is 0 Å². The summed E-state index contributed by atoms with van der Waals surface area (Å²) >= 11 is 0. The minimum absolute atomic E-state index is 0.0645. The van der Waals surface area contributed by atoms with Gasteiger partial charge in [0.25, 0.3) is 5.91 Å². The van der Waals surface area contributed by atoms with Crippen molar-refractivity contribution >= 4 is 26.6 Å². The summed E-state index contributed by atoms with van der Waals surface area (Å²) in [5, 5.41) is 0.497. The van der Waals surface area contributed by atoms with Crippen LogP contribution in [-0.4, -0.2) is 37.3 Å². The van der Waals surface area contributed by atoms with E-state index in [0.29, 0.717) is 29.9 Å². The van der Waals surface area contributed by atoms with E-state index in [9.17, 15) is 13.2 Å². The van der Waals surface area contributed by atoms with Crippen LogP contribution >= 0.6 is 0 Å². The molecular weight excluding hydrogens is 408 g/mol. The van der Waals surface area contributed by atoms with Gasteiger partial charge >= 0.3 is 0 Å². The molecule has 2 aromatic carbocycles. The molecule has 0 saturated carbocycles. The fourth-order valence-electron chi connectivity index (χ4n) is 4.21. The van der Waals surface area contributed by atoms with Crippen LogP contribution < -0.4 is 0 Å². The Labute approximate surface area is 184 Å². The lowest BCUT2D eigenvalue weighted by molar-refractivity contribution is 0.0789. The number of aryl methyl sites for hydroxylation is 1. The van der Waals surface area contributed by atoms with E-state index in [1.807, 2.05) is 31.2 Å². The Morgan fingerprint density at radius 3 is 2.39 bits per heavy atom. The van der Waals surface area contributed by atoms with E-state index >= 15 is 0 Å². The molecule has 1 saturated heterocycles. The minimum Gasteiger partial charge on any atom is -0.339 e. The number of pyridine rings is 1. The van der Waals surface area contributed by atoms with Gasteiger partial charge in [-0.15, -0.1) is 0 Å². The molecule has 1 fully saturated rings. The first-order valence-corrected chi connectivity index (χ1v) is 12.3. The summed E-state index contributed by atoms with van der Waals surface area (Å²) in [5.41, 5.74) is 2.74. The molecule has 0 spiro atoms. The Hall–Kier alpha value is -2.73. The maximum Gasteiger partial charge on any atom is 0.256 e. The lowest BCUT2D eigenvalue weighted by Gasteiger charge is -2.19. The average Bonchev–Trinajstić information content (AvgIpc) is 3.27. The van der Waals surface area contributed by atoms with Crippen molar-refractivity contribution in [2.24, 2.45) is 5.92 Å². The number of hydrogen-bond acceptors (Lipinski definition) is 4. The molecule has 0 atom stereocenters. The van der Waals surface area contributed by atoms with Crippen LogP contribution in [0, 0.1) is 12.8 Å². The van der Waals surface area contributed by atoms with Crippen molar-refractivity contribution in [2.45, 2.75) is 49.8 Å². The van der Waals surface area contributed by atoms with E-state index in [-0.39, 0.29) is 21.3 Å². The molecule has 1 amide bonds. The van der Waals surface area contributed by atoms with E-state index in [2.05, 4.69) is 18.8 Å². The summed E-state index contributed by atoms with van der Waals surface area (Å²) in [4.78, 5) is 19.7. The van der Waals surface area contributed by atoms with E-state index in [0.717, 1.165) is 30.4 Å². The van der Waals surface area contributed by atoms with E-state index in [1.54, 1.807) is 23.1 Å². The molecule has 31 heavy (non-hydrogen) atoms. The number of carbonyl (C=O) groups is 1. The topological polar surface area (TPSA) is 67.3 Å². The Balaban J connectivity index is 1.90. The highest BCUT2D eigenvalue weighted by atomic mass is 32.2. The lowest BCUT2D eigenvalue weighted by Crippen LogP contribution is -2.29. The average molecular weight is 437 g/mol. The van der Waals surface area contributed by atoms with Crippen LogP contribution in [0.25, 0.3) is 10.9 Å². The van der Waals surface area contributed by atoms with Crippen molar-refractivity contribution in [1.82, 2.24) is 9.88 Å². The molecule has 1 aliphatic rings. The Morgan fingerprint density at radius 1 is 1.06 bits per heavy atom. The number of likely N-dealkylation sites (tertiary alicyclic amines) is 1. The number of rotatable bonds is 5. The normalized spacial score (nSPS) is 14.5. The second kappa shape index (κ2) is 8.42. The fraction of sp³-hybridized carbons (Fsp3) is 0.360. The summed E-state index contributed by atoms with van der Waals surface area (Å²) in [6, 6.07) is 12.5. The third-order valence-electron chi connectivity index (χ3n) is 5.74. The number of aromatic nitrogens is 1. The van der Waals surface area contributed by atoms with Crippen molar-refractivity contribution in [3.05, 3.63) is 65.4 Å². The Morgan fingerprint density at radius 2 is 1.74 bits per heavy atom. The van der Waals surface area contributed by atoms with Crippen LogP contribution in [0.4, 0.5) is 0 Å². The third-order valence-corrected chi connectivity index (χ3v) is 7.61. The maximum absolute atomic E-state index is 13.8. The summed E-state index contributed by atoms with van der Waals surface area (Å²) in [7, 11) is -3.92. The first kappa shape index (κ1) is 21.5. The first-order chi connectivity index (χ1) is 14.8. The highest BCUT2D eigenvalue weighted by Crippen LogP contribution is 2.32. The molecule has 6 heteroatoms. The highest BCUT2D eigenvalue weighted by Gasteiger charge is 2.31. The van der Waals surface area contributed by atoms with Crippen molar-refractivity contribution in [3.8, 4) is 0 Å². The van der Waals surface area contributed by atoms with Gasteiger partial charge in [-0.3, -0.25) is 9.78 Å². The number of fused-ring (bicyclic) bond motifs is 1. The predicted molar refractivity (Wildman–Crippen MR) is 122 cm³/mol. The molecule has 162 valence electrons. The molecule has 0 unspecified atom stereocenters. The maximum atomic E-state index is 13.8. The van der Waals surface area contributed by atoms with Gasteiger partial charge in [0.2, 0.25) is 9.84 Å². The molecule has 0 N–H and O–H groups in total. The number of amides is 1. The summed E-state index contributed by atoms with van der Waals surface area (Å²) in [6.45, 7) is 7.46. The Bertz CT molecular complexity index is 1230. The molecule has 0 radical (unpaired) electrons. The van der Waals surface area contributed by atoms with Gasteiger partial charge in [-0.2, -0.15) is 0 Å². The van der Waals surface area contributed by atoms with Crippen LogP contribution in [0.15, 0.2) is 58.5 Å². The summed E-state index contributed by atoms with van der Waals surface area (Å²) < 4.78 is 27.7. The van der Waals surface area contributed by atoms with Crippen LogP contribution in [0.3, 0.4) is 0 Å². The van der Waals surface area contributed by atoms with Gasteiger partial charge < -0.3 is 4.90 Å². The molecule has 1 aliphatic heterocycles. The molecule has 4 rings (SSSR count). The lowest BCUT2D eigenvalue weighted by atomic mass is 10.0. The third kappa shape index (κ3) is 4.22. The number of sulfone groups is 1. The highest BCUT2D eigenvalue weighted by molar-refractivity contribution is 7.91. The van der Waals surface area contributed by atoms with Crippen LogP contribution in [-0.2, 0) is 16.3 Å². The second-order valence-electron chi connectivity index (χ2n) is 8.77. The molecular formula is C25H28N2O3S. The molecule has 2 heterocycles.